The molecule has 1 N–H and O–H groups in total. The van der Waals surface area contributed by atoms with E-state index in [1.807, 2.05) is 31.2 Å². The highest BCUT2D eigenvalue weighted by Crippen LogP contribution is 2.40. The number of hydrogen-bond donors (Lipinski definition) is 1. The maximum absolute atomic E-state index is 5.46. The summed E-state index contributed by atoms with van der Waals surface area (Å²) in [5.41, 5.74) is 2.67. The van der Waals surface area contributed by atoms with Crippen molar-refractivity contribution in [3.8, 4) is 23.0 Å². The van der Waals surface area contributed by atoms with Gasteiger partial charge in [0.25, 0.3) is 0 Å². The molecule has 0 radical (unpaired) electrons. The van der Waals surface area contributed by atoms with Gasteiger partial charge in [-0.3, -0.25) is 0 Å². The van der Waals surface area contributed by atoms with Gasteiger partial charge >= 0.3 is 0 Å². The maximum atomic E-state index is 5.46. The molecule has 0 heterocycles. The Bertz CT molecular complexity index is 655. The molecule has 0 saturated heterocycles. The van der Waals surface area contributed by atoms with E-state index >= 15 is 0 Å². The lowest BCUT2D eigenvalue weighted by Gasteiger charge is -2.17. The summed E-state index contributed by atoms with van der Waals surface area (Å²) >= 11 is 0. The Morgan fingerprint density at radius 2 is 1.36 bits per heavy atom. The molecule has 0 aliphatic rings. The predicted molar refractivity (Wildman–Crippen MR) is 87.1 cm³/mol. The molecule has 2 aromatic carbocycles. The molecule has 0 atom stereocenters. The van der Waals surface area contributed by atoms with Crippen LogP contribution in [0, 0.1) is 6.92 Å². The Morgan fingerprint density at radius 1 is 0.727 bits per heavy atom. The van der Waals surface area contributed by atoms with Gasteiger partial charge in [0.1, 0.15) is 11.5 Å². The first kappa shape index (κ1) is 15.8. The molecular weight excluding hydrogens is 282 g/mol. The number of nitrogens with one attached hydrogen (secondary N) is 1. The first-order valence-corrected chi connectivity index (χ1v) is 6.85. The third-order valence-electron chi connectivity index (χ3n) is 3.39. The topological polar surface area (TPSA) is 49.0 Å². The lowest BCUT2D eigenvalue weighted by atomic mass is 10.1. The van der Waals surface area contributed by atoms with Gasteiger partial charge in [-0.2, -0.15) is 0 Å². The van der Waals surface area contributed by atoms with Crippen LogP contribution in [0.25, 0.3) is 0 Å². The van der Waals surface area contributed by atoms with Crippen LogP contribution < -0.4 is 24.3 Å². The van der Waals surface area contributed by atoms with Crippen molar-refractivity contribution >= 4 is 11.4 Å². The summed E-state index contributed by atoms with van der Waals surface area (Å²) in [6.45, 7) is 2.00. The summed E-state index contributed by atoms with van der Waals surface area (Å²) in [6, 6.07) is 9.52. The molecule has 0 fully saturated rings. The van der Waals surface area contributed by atoms with E-state index in [0.717, 1.165) is 22.7 Å². The number of rotatable bonds is 6. The Hall–Kier alpha value is -2.56. The molecule has 2 rings (SSSR count). The molecule has 2 aromatic rings. The molecule has 0 aliphatic carbocycles. The third kappa shape index (κ3) is 3.03. The molecule has 5 nitrogen and oxygen atoms in total. The van der Waals surface area contributed by atoms with E-state index in [1.165, 1.54) is 0 Å². The fourth-order valence-corrected chi connectivity index (χ4v) is 2.29. The van der Waals surface area contributed by atoms with Crippen LogP contribution in [0.15, 0.2) is 30.3 Å². The second-order valence-electron chi connectivity index (χ2n) is 4.69. The molecule has 22 heavy (non-hydrogen) atoms. The number of benzene rings is 2. The van der Waals surface area contributed by atoms with Crippen LogP contribution in [0.3, 0.4) is 0 Å². The minimum absolute atomic E-state index is 0.612. The van der Waals surface area contributed by atoms with E-state index in [9.17, 15) is 0 Å². The molecule has 0 aliphatic heterocycles. The molecule has 118 valence electrons. The van der Waals surface area contributed by atoms with E-state index in [0.29, 0.717) is 17.2 Å². The monoisotopic (exact) mass is 303 g/mol. The second kappa shape index (κ2) is 6.93. The average Bonchev–Trinajstić information content (AvgIpc) is 2.54. The Balaban J connectivity index is 2.47. The van der Waals surface area contributed by atoms with Gasteiger partial charge in [0.15, 0.2) is 11.5 Å². The quantitative estimate of drug-likeness (QED) is 0.880. The average molecular weight is 303 g/mol. The van der Waals surface area contributed by atoms with Crippen LogP contribution in [0.5, 0.6) is 23.0 Å². The van der Waals surface area contributed by atoms with Crippen molar-refractivity contribution in [1.82, 2.24) is 0 Å². The standard InChI is InChI=1S/C17H21NO4/c1-11-7-6-8-12(17(11)22-5)18-13-9-15(20-3)16(21-4)10-14(13)19-2/h6-10,18H,1-5H3. The van der Waals surface area contributed by atoms with E-state index in [1.54, 1.807) is 34.5 Å². The molecule has 0 bridgehead atoms. The molecule has 0 saturated carbocycles. The van der Waals surface area contributed by atoms with Crippen LogP contribution in [-0.2, 0) is 0 Å². The Morgan fingerprint density at radius 3 is 1.95 bits per heavy atom. The number of methoxy groups -OCH3 is 4. The van der Waals surface area contributed by atoms with E-state index < -0.39 is 0 Å². The summed E-state index contributed by atoms with van der Waals surface area (Å²) in [5, 5.41) is 3.32. The van der Waals surface area contributed by atoms with E-state index in [2.05, 4.69) is 5.32 Å². The molecule has 0 unspecified atom stereocenters. The normalized spacial score (nSPS) is 10.0. The lowest BCUT2D eigenvalue weighted by molar-refractivity contribution is 0.349. The molecule has 0 amide bonds. The van der Waals surface area contributed by atoms with Gasteiger partial charge in [-0.25, -0.2) is 0 Å². The number of hydrogen-bond acceptors (Lipinski definition) is 5. The van der Waals surface area contributed by atoms with Gasteiger partial charge in [0.05, 0.1) is 39.8 Å². The van der Waals surface area contributed by atoms with E-state index in [4.69, 9.17) is 18.9 Å². The fraction of sp³-hybridized carbons (Fsp3) is 0.294. The molecule has 0 aromatic heterocycles. The molecule has 0 spiro atoms. The van der Waals surface area contributed by atoms with Crippen LogP contribution in [0.1, 0.15) is 5.56 Å². The zero-order valence-corrected chi connectivity index (χ0v) is 13.5. The van der Waals surface area contributed by atoms with Gasteiger partial charge < -0.3 is 24.3 Å². The van der Waals surface area contributed by atoms with Crippen molar-refractivity contribution in [2.45, 2.75) is 6.92 Å². The summed E-state index contributed by atoms with van der Waals surface area (Å²) < 4.78 is 21.5. The summed E-state index contributed by atoms with van der Waals surface area (Å²) in [5.74, 6) is 2.68. The van der Waals surface area contributed by atoms with Gasteiger partial charge in [0.2, 0.25) is 0 Å². The van der Waals surface area contributed by atoms with Gasteiger partial charge in [0, 0.05) is 12.1 Å². The van der Waals surface area contributed by atoms with Gasteiger partial charge in [-0.15, -0.1) is 0 Å². The van der Waals surface area contributed by atoms with E-state index in [-0.39, 0.29) is 0 Å². The minimum Gasteiger partial charge on any atom is -0.494 e. The van der Waals surface area contributed by atoms with Crippen molar-refractivity contribution in [3.63, 3.8) is 0 Å². The zero-order valence-electron chi connectivity index (χ0n) is 13.5. The van der Waals surface area contributed by atoms with Gasteiger partial charge in [-0.1, -0.05) is 12.1 Å². The van der Waals surface area contributed by atoms with Crippen LogP contribution in [0.4, 0.5) is 11.4 Å². The number of ether oxygens (including phenoxy) is 4. The van der Waals surface area contributed by atoms with Crippen molar-refractivity contribution in [3.05, 3.63) is 35.9 Å². The van der Waals surface area contributed by atoms with Crippen molar-refractivity contribution in [2.24, 2.45) is 0 Å². The first-order chi connectivity index (χ1) is 10.6. The first-order valence-electron chi connectivity index (χ1n) is 6.85. The highest BCUT2D eigenvalue weighted by molar-refractivity contribution is 5.74. The highest BCUT2D eigenvalue weighted by Gasteiger charge is 2.14. The van der Waals surface area contributed by atoms with Crippen molar-refractivity contribution in [2.75, 3.05) is 33.8 Å². The smallest absolute Gasteiger partial charge is 0.164 e. The SMILES string of the molecule is COc1cc(OC)c(OC)cc1Nc1cccc(C)c1OC. The zero-order chi connectivity index (χ0) is 16.1. The third-order valence-corrected chi connectivity index (χ3v) is 3.39. The highest BCUT2D eigenvalue weighted by atomic mass is 16.5. The minimum atomic E-state index is 0.612. The molecular formula is C17H21NO4. The summed E-state index contributed by atoms with van der Waals surface area (Å²) in [6.07, 6.45) is 0. The Kier molecular flexibility index (Phi) is 4.99. The maximum Gasteiger partial charge on any atom is 0.164 e. The van der Waals surface area contributed by atoms with Crippen molar-refractivity contribution in [1.29, 1.82) is 0 Å². The van der Waals surface area contributed by atoms with Crippen LogP contribution in [-0.4, -0.2) is 28.4 Å². The number of aryl methyl sites for hydroxylation is 1. The summed E-state index contributed by atoms with van der Waals surface area (Å²) in [4.78, 5) is 0. The largest absolute Gasteiger partial charge is 0.494 e. The fourth-order valence-electron chi connectivity index (χ4n) is 2.29. The van der Waals surface area contributed by atoms with Crippen LogP contribution >= 0.6 is 0 Å². The van der Waals surface area contributed by atoms with Crippen molar-refractivity contribution < 1.29 is 18.9 Å². The lowest BCUT2D eigenvalue weighted by Crippen LogP contribution is -2.00. The predicted octanol–water partition coefficient (Wildman–Crippen LogP) is 3.77. The summed E-state index contributed by atoms with van der Waals surface area (Å²) in [7, 11) is 6.45. The Labute approximate surface area is 130 Å². The van der Waals surface area contributed by atoms with Crippen LogP contribution in [0.2, 0.25) is 0 Å². The number of anilines is 2. The second-order valence-corrected chi connectivity index (χ2v) is 4.69. The molecule has 5 heteroatoms. The van der Waals surface area contributed by atoms with Gasteiger partial charge in [-0.05, 0) is 18.6 Å². The number of para-hydroxylation sites is 1.